The summed E-state index contributed by atoms with van der Waals surface area (Å²) in [4.78, 5) is 13.4. The van der Waals surface area contributed by atoms with Crippen LogP contribution in [0.25, 0.3) is 39.0 Å². The highest BCUT2D eigenvalue weighted by molar-refractivity contribution is 6.30. The van der Waals surface area contributed by atoms with Gasteiger partial charge in [-0.2, -0.15) is 4.98 Å². The van der Waals surface area contributed by atoms with Crippen molar-refractivity contribution >= 4 is 33.5 Å². The molecule has 0 saturated heterocycles. The lowest BCUT2D eigenvalue weighted by molar-refractivity contribution is 0.396. The zero-order valence-corrected chi connectivity index (χ0v) is 17.1. The first kappa shape index (κ1) is 18.3. The van der Waals surface area contributed by atoms with Crippen LogP contribution in [0.3, 0.4) is 0 Å². The summed E-state index contributed by atoms with van der Waals surface area (Å²) in [6.45, 7) is 0. The van der Waals surface area contributed by atoms with Crippen LogP contribution in [-0.4, -0.2) is 31.2 Å². The van der Waals surface area contributed by atoms with Crippen LogP contribution < -0.4 is 10.4 Å². The van der Waals surface area contributed by atoms with Gasteiger partial charge in [0, 0.05) is 29.7 Å². The number of rotatable bonds is 3. The molecule has 148 valence electrons. The number of fused-ring (bicyclic) bond motifs is 3. The summed E-state index contributed by atoms with van der Waals surface area (Å²) < 4.78 is 8.73. The molecule has 1 N–H and O–H groups in total. The molecule has 3 aromatic heterocycles. The lowest BCUT2D eigenvalue weighted by Crippen LogP contribution is -2.22. The molecule has 0 bridgehead atoms. The maximum atomic E-state index is 8.67. The van der Waals surface area contributed by atoms with Crippen molar-refractivity contribution in [2.24, 2.45) is 7.05 Å². The second kappa shape index (κ2) is 6.96. The van der Waals surface area contributed by atoms with E-state index in [0.717, 1.165) is 33.1 Å². The van der Waals surface area contributed by atoms with Gasteiger partial charge in [-0.1, -0.05) is 29.8 Å². The summed E-state index contributed by atoms with van der Waals surface area (Å²) >= 11 is 6.04. The Morgan fingerprint density at radius 2 is 1.77 bits per heavy atom. The van der Waals surface area contributed by atoms with E-state index in [-0.39, 0.29) is 5.62 Å². The molecule has 0 aliphatic rings. The van der Waals surface area contributed by atoms with E-state index in [2.05, 4.69) is 21.0 Å². The Hall–Kier alpha value is -3.71. The van der Waals surface area contributed by atoms with Crippen LogP contribution in [0.4, 0.5) is 0 Å². The number of nitrogens with zero attached hydrogens (tertiary/aromatic N) is 5. The number of imidazole rings is 1. The minimum atomic E-state index is 0.240. The predicted octanol–water partition coefficient (Wildman–Crippen LogP) is 4.12. The summed E-state index contributed by atoms with van der Waals surface area (Å²) in [5.41, 5.74) is 4.77. The number of benzene rings is 2. The highest BCUT2D eigenvalue weighted by Crippen LogP contribution is 2.30. The van der Waals surface area contributed by atoms with Gasteiger partial charge in [0.05, 0.1) is 29.9 Å². The van der Waals surface area contributed by atoms with E-state index >= 15 is 0 Å². The van der Waals surface area contributed by atoms with Gasteiger partial charge in [0.25, 0.3) is 0 Å². The molecular formula is C22H17ClN6O. The normalized spacial score (nSPS) is 11.3. The number of methoxy groups -OCH3 is 1. The Kier molecular flexibility index (Phi) is 4.25. The van der Waals surface area contributed by atoms with E-state index in [1.807, 2.05) is 43.4 Å². The number of nitrogens with one attached hydrogen (secondary N) is 1. The fourth-order valence-corrected chi connectivity index (χ4v) is 3.71. The van der Waals surface area contributed by atoms with Crippen molar-refractivity contribution in [1.82, 2.24) is 24.1 Å². The van der Waals surface area contributed by atoms with Crippen molar-refractivity contribution in [3.8, 4) is 23.0 Å². The van der Waals surface area contributed by atoms with Gasteiger partial charge in [-0.05, 0) is 35.4 Å². The van der Waals surface area contributed by atoms with Crippen molar-refractivity contribution in [2.45, 2.75) is 0 Å². The third-order valence-corrected chi connectivity index (χ3v) is 5.39. The van der Waals surface area contributed by atoms with Gasteiger partial charge in [0.15, 0.2) is 0 Å². The summed E-state index contributed by atoms with van der Waals surface area (Å²) in [6, 6.07) is 15.5. The van der Waals surface area contributed by atoms with Gasteiger partial charge >= 0.3 is 0 Å². The molecule has 0 amide bonds. The van der Waals surface area contributed by atoms with Gasteiger partial charge in [0.1, 0.15) is 0 Å². The molecule has 0 aliphatic carbocycles. The summed E-state index contributed by atoms with van der Waals surface area (Å²) in [7, 11) is 3.39. The summed E-state index contributed by atoms with van der Waals surface area (Å²) in [5, 5.41) is 10.3. The molecule has 0 atom stereocenters. The second-order valence-electron chi connectivity index (χ2n) is 6.85. The van der Waals surface area contributed by atoms with E-state index < -0.39 is 0 Å². The van der Waals surface area contributed by atoms with Crippen molar-refractivity contribution in [1.29, 1.82) is 5.41 Å². The third kappa shape index (κ3) is 2.83. The molecule has 0 aliphatic heterocycles. The van der Waals surface area contributed by atoms with Crippen LogP contribution in [0.1, 0.15) is 0 Å². The molecule has 2 aromatic carbocycles. The SMILES string of the molecule is COc1ccnc(-n2c(=N)n(C)c3cnc4ccc(-c5ccc(Cl)cc5)cc4c32)n1. The van der Waals surface area contributed by atoms with Gasteiger partial charge in [-0.3, -0.25) is 10.4 Å². The summed E-state index contributed by atoms with van der Waals surface area (Å²) in [5.74, 6) is 0.804. The number of hydrogen-bond acceptors (Lipinski definition) is 5. The average Bonchev–Trinajstić information content (AvgIpc) is 3.04. The first-order chi connectivity index (χ1) is 14.6. The number of aromatic nitrogens is 5. The summed E-state index contributed by atoms with van der Waals surface area (Å²) in [6.07, 6.45) is 3.39. The zero-order valence-electron chi connectivity index (χ0n) is 16.3. The fourth-order valence-electron chi connectivity index (χ4n) is 3.59. The Balaban J connectivity index is 1.86. The average molecular weight is 417 g/mol. The lowest BCUT2D eigenvalue weighted by atomic mass is 10.0. The Labute approximate surface area is 176 Å². The monoisotopic (exact) mass is 416 g/mol. The number of pyridine rings is 1. The predicted molar refractivity (Wildman–Crippen MR) is 116 cm³/mol. The third-order valence-electron chi connectivity index (χ3n) is 5.14. The van der Waals surface area contributed by atoms with E-state index in [4.69, 9.17) is 21.7 Å². The molecule has 7 nitrogen and oxygen atoms in total. The van der Waals surface area contributed by atoms with E-state index in [0.29, 0.717) is 16.9 Å². The van der Waals surface area contributed by atoms with E-state index in [1.165, 1.54) is 0 Å². The minimum Gasteiger partial charge on any atom is -0.481 e. The minimum absolute atomic E-state index is 0.240. The number of aryl methyl sites for hydroxylation is 1. The maximum absolute atomic E-state index is 8.67. The van der Waals surface area contributed by atoms with Crippen molar-refractivity contribution in [3.05, 3.63) is 71.6 Å². The molecule has 8 heteroatoms. The highest BCUT2D eigenvalue weighted by Gasteiger charge is 2.17. The van der Waals surface area contributed by atoms with Gasteiger partial charge < -0.3 is 9.30 Å². The topological polar surface area (TPSA) is 81.6 Å². The molecule has 30 heavy (non-hydrogen) atoms. The first-order valence-corrected chi connectivity index (χ1v) is 9.63. The van der Waals surface area contributed by atoms with Gasteiger partial charge in [0.2, 0.25) is 17.4 Å². The van der Waals surface area contributed by atoms with Crippen LogP contribution in [0.5, 0.6) is 5.88 Å². The van der Waals surface area contributed by atoms with Gasteiger partial charge in [-0.25, -0.2) is 9.55 Å². The Morgan fingerprint density at radius 1 is 1.00 bits per heavy atom. The zero-order chi connectivity index (χ0) is 20.8. The fraction of sp³-hybridized carbons (Fsp3) is 0.0909. The molecular weight excluding hydrogens is 400 g/mol. The van der Waals surface area contributed by atoms with Crippen LogP contribution in [0.2, 0.25) is 5.02 Å². The van der Waals surface area contributed by atoms with Crippen LogP contribution >= 0.6 is 11.6 Å². The van der Waals surface area contributed by atoms with Gasteiger partial charge in [-0.15, -0.1) is 0 Å². The molecule has 0 fully saturated rings. The molecule has 5 rings (SSSR count). The molecule has 5 aromatic rings. The number of hydrogen-bond donors (Lipinski definition) is 1. The van der Waals surface area contributed by atoms with Crippen LogP contribution in [-0.2, 0) is 7.05 Å². The lowest BCUT2D eigenvalue weighted by Gasteiger charge is -2.08. The van der Waals surface area contributed by atoms with Crippen molar-refractivity contribution in [2.75, 3.05) is 7.11 Å². The first-order valence-electron chi connectivity index (χ1n) is 9.25. The quantitative estimate of drug-likeness (QED) is 0.479. The van der Waals surface area contributed by atoms with Crippen molar-refractivity contribution in [3.63, 3.8) is 0 Å². The second-order valence-corrected chi connectivity index (χ2v) is 7.28. The largest absolute Gasteiger partial charge is 0.481 e. The Bertz CT molecular complexity index is 1470. The smallest absolute Gasteiger partial charge is 0.240 e. The van der Waals surface area contributed by atoms with E-state index in [1.54, 1.807) is 34.7 Å². The number of halogens is 1. The standard InChI is InChI=1S/C22H17ClN6O/c1-28-18-12-26-17-8-5-14(13-3-6-15(23)7-4-13)11-16(17)20(18)29(21(28)24)22-25-10-9-19(27-22)30-2/h3-12,24H,1-2H3. The highest BCUT2D eigenvalue weighted by atomic mass is 35.5. The molecule has 0 saturated carbocycles. The van der Waals surface area contributed by atoms with Crippen LogP contribution in [0, 0.1) is 5.41 Å². The van der Waals surface area contributed by atoms with Crippen LogP contribution in [0.15, 0.2) is 60.9 Å². The van der Waals surface area contributed by atoms with Crippen molar-refractivity contribution < 1.29 is 4.74 Å². The molecule has 0 radical (unpaired) electrons. The van der Waals surface area contributed by atoms with E-state index in [9.17, 15) is 0 Å². The molecule has 0 unspecified atom stereocenters. The number of ether oxygens (including phenoxy) is 1. The maximum Gasteiger partial charge on any atom is 0.240 e. The Morgan fingerprint density at radius 3 is 2.53 bits per heavy atom. The molecule has 0 spiro atoms. The molecule has 3 heterocycles.